The maximum atomic E-state index is 12.0. The third kappa shape index (κ3) is 5.46. The van der Waals surface area contributed by atoms with Crippen molar-refractivity contribution in [1.82, 2.24) is 15.5 Å². The molecule has 1 rings (SSSR count). The summed E-state index contributed by atoms with van der Waals surface area (Å²) in [6.07, 6.45) is 3.23. The highest BCUT2D eigenvalue weighted by Crippen LogP contribution is 2.21. The maximum Gasteiger partial charge on any atom is 0.321 e. The van der Waals surface area contributed by atoms with Gasteiger partial charge in [0.25, 0.3) is 0 Å². The molecule has 1 saturated heterocycles. The van der Waals surface area contributed by atoms with Crippen LogP contribution in [0.15, 0.2) is 0 Å². The van der Waals surface area contributed by atoms with Gasteiger partial charge in [0.15, 0.2) is 0 Å². The lowest BCUT2D eigenvalue weighted by Gasteiger charge is -2.39. The Morgan fingerprint density at radius 3 is 2.50 bits per heavy atom. The van der Waals surface area contributed by atoms with Gasteiger partial charge in [-0.05, 0) is 40.5 Å². The van der Waals surface area contributed by atoms with Crippen LogP contribution < -0.4 is 16.4 Å². The van der Waals surface area contributed by atoms with Crippen molar-refractivity contribution in [3.63, 3.8) is 0 Å². The van der Waals surface area contributed by atoms with E-state index >= 15 is 0 Å². The molecule has 2 atom stereocenters. The molecule has 0 aliphatic carbocycles. The number of nitrogens with zero attached hydrogens (tertiary/aromatic N) is 1. The fraction of sp³-hybridized carbons (Fsp3) is 0.857. The number of imide groups is 1. The first-order valence-corrected chi connectivity index (χ1v) is 7.30. The summed E-state index contributed by atoms with van der Waals surface area (Å²) in [5, 5.41) is 5.09. The molecule has 0 spiro atoms. The number of nitrogens with two attached hydrogens (primary N) is 1. The zero-order valence-electron chi connectivity index (χ0n) is 13.0. The summed E-state index contributed by atoms with van der Waals surface area (Å²) >= 11 is 0. The lowest BCUT2D eigenvalue weighted by molar-refractivity contribution is -0.122. The van der Waals surface area contributed by atoms with Gasteiger partial charge in [-0.15, -0.1) is 0 Å². The first kappa shape index (κ1) is 16.9. The Hall–Kier alpha value is -1.14. The van der Waals surface area contributed by atoms with Crippen molar-refractivity contribution in [3.05, 3.63) is 0 Å². The summed E-state index contributed by atoms with van der Waals surface area (Å²) in [5.74, 6) is -0.279. The lowest BCUT2D eigenvalue weighted by atomic mass is 9.96. The molecule has 0 bridgehead atoms. The summed E-state index contributed by atoms with van der Waals surface area (Å²) in [7, 11) is 0. The van der Waals surface area contributed by atoms with Gasteiger partial charge in [-0.2, -0.15) is 0 Å². The number of carbonyl (C=O) groups is 2. The predicted molar refractivity (Wildman–Crippen MR) is 79.3 cm³/mol. The summed E-state index contributed by atoms with van der Waals surface area (Å²) in [6, 6.07) is 0.111. The molecule has 0 aromatic rings. The second kappa shape index (κ2) is 7.04. The number of hydrogen-bond acceptors (Lipinski definition) is 4. The van der Waals surface area contributed by atoms with Gasteiger partial charge < -0.3 is 11.1 Å². The molecule has 1 fully saturated rings. The second-order valence-corrected chi connectivity index (χ2v) is 6.59. The van der Waals surface area contributed by atoms with Gasteiger partial charge in [-0.25, -0.2) is 4.79 Å². The van der Waals surface area contributed by atoms with Crippen molar-refractivity contribution >= 4 is 11.9 Å². The SMILES string of the molecule is CC1CCCC(CN)N1CC(=O)NC(=O)NC(C)(C)C. The van der Waals surface area contributed by atoms with Crippen LogP contribution in [0.3, 0.4) is 0 Å². The first-order valence-electron chi connectivity index (χ1n) is 7.30. The molecule has 0 saturated carbocycles. The van der Waals surface area contributed by atoms with Gasteiger partial charge in [0, 0.05) is 24.2 Å². The Labute approximate surface area is 121 Å². The van der Waals surface area contributed by atoms with Crippen molar-refractivity contribution in [2.75, 3.05) is 13.1 Å². The molecular formula is C14H28N4O2. The Kier molecular flexibility index (Phi) is 5.95. The zero-order valence-corrected chi connectivity index (χ0v) is 13.0. The van der Waals surface area contributed by atoms with E-state index in [0.717, 1.165) is 19.3 Å². The normalized spacial score (nSPS) is 24.2. The Balaban J connectivity index is 2.49. The molecule has 20 heavy (non-hydrogen) atoms. The quantitative estimate of drug-likeness (QED) is 0.716. The molecule has 6 heteroatoms. The van der Waals surface area contributed by atoms with E-state index in [-0.39, 0.29) is 24.0 Å². The minimum atomic E-state index is -0.448. The standard InChI is InChI=1S/C14H28N4O2/c1-10-6-5-7-11(8-15)18(10)9-12(19)16-13(20)17-14(2,3)4/h10-11H,5-9,15H2,1-4H3,(H2,16,17,19,20). The van der Waals surface area contributed by atoms with Crippen molar-refractivity contribution in [3.8, 4) is 0 Å². The number of carbonyl (C=O) groups excluding carboxylic acids is 2. The van der Waals surface area contributed by atoms with Crippen molar-refractivity contribution in [2.24, 2.45) is 5.73 Å². The molecule has 1 heterocycles. The van der Waals surface area contributed by atoms with Crippen LogP contribution in [0, 0.1) is 0 Å². The number of urea groups is 1. The Morgan fingerprint density at radius 2 is 1.95 bits per heavy atom. The fourth-order valence-corrected chi connectivity index (χ4v) is 2.58. The number of amides is 3. The monoisotopic (exact) mass is 284 g/mol. The predicted octanol–water partition coefficient (Wildman–Crippen LogP) is 0.812. The summed E-state index contributed by atoms with van der Waals surface area (Å²) < 4.78 is 0. The van der Waals surface area contributed by atoms with Crippen molar-refractivity contribution < 1.29 is 9.59 Å². The number of nitrogens with one attached hydrogen (secondary N) is 2. The molecular weight excluding hydrogens is 256 g/mol. The number of piperidine rings is 1. The molecule has 3 amide bonds. The molecule has 1 aliphatic heterocycles. The molecule has 6 nitrogen and oxygen atoms in total. The van der Waals surface area contributed by atoms with E-state index in [2.05, 4.69) is 22.5 Å². The third-order valence-corrected chi connectivity index (χ3v) is 3.53. The average molecular weight is 284 g/mol. The summed E-state index contributed by atoms with van der Waals surface area (Å²) in [4.78, 5) is 25.7. The summed E-state index contributed by atoms with van der Waals surface area (Å²) in [5.41, 5.74) is 5.40. The zero-order chi connectivity index (χ0) is 15.3. The highest BCUT2D eigenvalue weighted by atomic mass is 16.2. The smallest absolute Gasteiger partial charge is 0.321 e. The van der Waals surface area contributed by atoms with Crippen LogP contribution in [0.1, 0.15) is 47.0 Å². The van der Waals surface area contributed by atoms with Crippen LogP contribution in [0.5, 0.6) is 0 Å². The molecule has 116 valence electrons. The van der Waals surface area contributed by atoms with Gasteiger partial charge in [0.2, 0.25) is 5.91 Å². The number of likely N-dealkylation sites (tertiary alicyclic amines) is 1. The number of hydrogen-bond donors (Lipinski definition) is 3. The maximum absolute atomic E-state index is 12.0. The van der Waals surface area contributed by atoms with Crippen LogP contribution in [0.4, 0.5) is 4.79 Å². The highest BCUT2D eigenvalue weighted by Gasteiger charge is 2.29. The van der Waals surface area contributed by atoms with Crippen LogP contribution in [0.2, 0.25) is 0 Å². The van der Waals surface area contributed by atoms with Gasteiger partial charge in [-0.1, -0.05) is 6.42 Å². The minimum Gasteiger partial charge on any atom is -0.333 e. The lowest BCUT2D eigenvalue weighted by Crippen LogP contribution is -2.55. The molecule has 0 aromatic heterocycles. The highest BCUT2D eigenvalue weighted by molar-refractivity contribution is 5.95. The van der Waals surface area contributed by atoms with E-state index in [9.17, 15) is 9.59 Å². The molecule has 0 aromatic carbocycles. The van der Waals surface area contributed by atoms with Crippen molar-refractivity contribution in [2.45, 2.75) is 64.6 Å². The van der Waals surface area contributed by atoms with Gasteiger partial charge in [0.05, 0.1) is 6.54 Å². The van der Waals surface area contributed by atoms with E-state index in [0.29, 0.717) is 12.6 Å². The fourth-order valence-electron chi connectivity index (χ4n) is 2.58. The van der Waals surface area contributed by atoms with E-state index in [1.54, 1.807) is 0 Å². The summed E-state index contributed by atoms with van der Waals surface area (Å²) in [6.45, 7) is 8.48. The van der Waals surface area contributed by atoms with E-state index < -0.39 is 6.03 Å². The van der Waals surface area contributed by atoms with E-state index in [4.69, 9.17) is 5.73 Å². The second-order valence-electron chi connectivity index (χ2n) is 6.59. The topological polar surface area (TPSA) is 87.5 Å². The molecule has 4 N–H and O–H groups in total. The largest absolute Gasteiger partial charge is 0.333 e. The van der Waals surface area contributed by atoms with Gasteiger partial charge in [0.1, 0.15) is 0 Å². The number of rotatable bonds is 3. The average Bonchev–Trinajstić information content (AvgIpc) is 2.28. The van der Waals surface area contributed by atoms with E-state index in [1.807, 2.05) is 20.8 Å². The Morgan fingerprint density at radius 1 is 1.30 bits per heavy atom. The van der Waals surface area contributed by atoms with Crippen LogP contribution in [0.25, 0.3) is 0 Å². The minimum absolute atomic E-state index is 0.223. The van der Waals surface area contributed by atoms with Crippen molar-refractivity contribution in [1.29, 1.82) is 0 Å². The molecule has 2 unspecified atom stereocenters. The van der Waals surface area contributed by atoms with Gasteiger partial charge in [-0.3, -0.25) is 15.0 Å². The molecule has 1 aliphatic rings. The molecule has 0 radical (unpaired) electrons. The van der Waals surface area contributed by atoms with Crippen LogP contribution >= 0.6 is 0 Å². The van der Waals surface area contributed by atoms with Gasteiger partial charge >= 0.3 is 6.03 Å². The van der Waals surface area contributed by atoms with Crippen LogP contribution in [-0.4, -0.2) is 47.6 Å². The van der Waals surface area contributed by atoms with Crippen LogP contribution in [-0.2, 0) is 4.79 Å². The Bertz CT molecular complexity index is 352. The van der Waals surface area contributed by atoms with E-state index in [1.165, 1.54) is 0 Å². The first-order chi connectivity index (χ1) is 9.23. The third-order valence-electron chi connectivity index (χ3n) is 3.53.